The van der Waals surface area contributed by atoms with E-state index in [0.29, 0.717) is 37.9 Å². The van der Waals surface area contributed by atoms with E-state index >= 15 is 0 Å². The fourth-order valence-corrected chi connectivity index (χ4v) is 5.63. The first-order chi connectivity index (χ1) is 16.5. The van der Waals surface area contributed by atoms with Crippen molar-refractivity contribution in [2.75, 3.05) is 44.5 Å². The number of anilines is 2. The molecule has 1 N–H and O–H groups in total. The summed E-state index contributed by atoms with van der Waals surface area (Å²) < 4.78 is 17.5. The number of carbonyl (C=O) groups is 2. The molecule has 0 bridgehead atoms. The van der Waals surface area contributed by atoms with Gasteiger partial charge in [0.05, 0.1) is 18.8 Å². The van der Waals surface area contributed by atoms with Gasteiger partial charge in [-0.25, -0.2) is 9.59 Å². The van der Waals surface area contributed by atoms with Gasteiger partial charge in [-0.3, -0.25) is 0 Å². The van der Waals surface area contributed by atoms with Gasteiger partial charge in [-0.05, 0) is 51.1 Å². The number of nitrogens with one attached hydrogen (secondary N) is 1. The number of rotatable bonds is 5. The number of hydrogen-bond donors (Lipinski definition) is 1. The molecular weight excluding hydrogens is 466 g/mol. The van der Waals surface area contributed by atoms with Crippen molar-refractivity contribution < 1.29 is 23.8 Å². The predicted octanol–water partition coefficient (Wildman–Crippen LogP) is 4.84. The molecule has 2 aliphatic rings. The van der Waals surface area contributed by atoms with Crippen LogP contribution in [-0.2, 0) is 26.4 Å². The largest absolute Gasteiger partial charge is 0.465 e. The summed E-state index contributed by atoms with van der Waals surface area (Å²) in [6.07, 6.45) is 1.54. The van der Waals surface area contributed by atoms with E-state index in [9.17, 15) is 9.59 Å². The van der Waals surface area contributed by atoms with E-state index in [-0.39, 0.29) is 18.2 Å². The number of methoxy groups -OCH3 is 1. The average molecular weight is 502 g/mol. The average Bonchev–Trinajstić information content (AvgIpc) is 3.43. The van der Waals surface area contributed by atoms with Crippen LogP contribution in [0.25, 0.3) is 0 Å². The van der Waals surface area contributed by atoms with E-state index in [1.54, 1.807) is 4.90 Å². The van der Waals surface area contributed by atoms with Crippen LogP contribution in [0.15, 0.2) is 29.0 Å². The van der Waals surface area contributed by atoms with Crippen LogP contribution in [0.5, 0.6) is 0 Å². The first kappa shape index (κ1) is 25.3. The summed E-state index contributed by atoms with van der Waals surface area (Å²) in [5, 5.41) is 7.41. The Bertz CT molecular complexity index is 1080. The van der Waals surface area contributed by atoms with Crippen molar-refractivity contribution in [1.29, 1.82) is 0 Å². The van der Waals surface area contributed by atoms with E-state index in [1.807, 2.05) is 57.8 Å². The molecule has 0 aliphatic carbocycles. The van der Waals surface area contributed by atoms with Gasteiger partial charge in [-0.15, -0.1) is 0 Å². The zero-order valence-corrected chi connectivity index (χ0v) is 22.2. The Kier molecular flexibility index (Phi) is 7.02. The van der Waals surface area contributed by atoms with Gasteiger partial charge in [-0.2, -0.15) is 11.3 Å². The number of nitrogens with zero attached hydrogens (tertiary/aromatic N) is 2. The number of likely N-dealkylation sites (tertiary alicyclic amines) is 1. The van der Waals surface area contributed by atoms with Crippen molar-refractivity contribution >= 4 is 34.8 Å². The lowest BCUT2D eigenvalue weighted by Crippen LogP contribution is -2.47. The van der Waals surface area contributed by atoms with Crippen LogP contribution < -0.4 is 10.2 Å². The fourth-order valence-electron chi connectivity index (χ4n) is 4.75. The molecule has 0 spiro atoms. The van der Waals surface area contributed by atoms with Crippen molar-refractivity contribution in [3.8, 4) is 0 Å². The highest BCUT2D eigenvalue weighted by Crippen LogP contribution is 2.47. The standard InChI is InChI=1S/C26H35N3O5S/c1-25(2,3)34-24(31)29-12-10-17(11-13-29)33-26(20-16-35-15-19(20)23(30)32-6)14-18-21(27-26)8-7-9-22(18)28(4)5/h7-9,15-17,27H,10-14H2,1-6H3. The van der Waals surface area contributed by atoms with E-state index in [1.165, 1.54) is 18.4 Å². The quantitative estimate of drug-likeness (QED) is 0.588. The van der Waals surface area contributed by atoms with Crippen LogP contribution >= 0.6 is 11.3 Å². The molecule has 35 heavy (non-hydrogen) atoms. The van der Waals surface area contributed by atoms with E-state index in [2.05, 4.69) is 16.3 Å². The molecule has 0 saturated carbocycles. The molecule has 1 aromatic heterocycles. The van der Waals surface area contributed by atoms with Crippen molar-refractivity contribution in [1.82, 2.24) is 4.90 Å². The topological polar surface area (TPSA) is 80.3 Å². The Morgan fingerprint density at radius 2 is 1.89 bits per heavy atom. The number of ether oxygens (including phenoxy) is 3. The molecule has 8 nitrogen and oxygen atoms in total. The van der Waals surface area contributed by atoms with Gasteiger partial charge >= 0.3 is 12.1 Å². The Balaban J connectivity index is 1.60. The summed E-state index contributed by atoms with van der Waals surface area (Å²) >= 11 is 1.46. The van der Waals surface area contributed by atoms with E-state index < -0.39 is 11.3 Å². The summed E-state index contributed by atoms with van der Waals surface area (Å²) in [6.45, 7) is 6.72. The summed E-state index contributed by atoms with van der Waals surface area (Å²) in [4.78, 5) is 28.9. The maximum Gasteiger partial charge on any atom is 0.410 e. The van der Waals surface area contributed by atoms with Crippen LogP contribution in [0.4, 0.5) is 16.2 Å². The normalized spacial score (nSPS) is 20.2. The Morgan fingerprint density at radius 1 is 1.17 bits per heavy atom. The van der Waals surface area contributed by atoms with E-state index in [0.717, 1.165) is 22.5 Å². The number of hydrogen-bond acceptors (Lipinski definition) is 8. The fraction of sp³-hybridized carbons (Fsp3) is 0.538. The number of fused-ring (bicyclic) bond motifs is 1. The Hall–Kier alpha value is -2.78. The van der Waals surface area contributed by atoms with Crippen LogP contribution in [0.1, 0.15) is 55.1 Å². The van der Waals surface area contributed by atoms with Crippen LogP contribution in [0.3, 0.4) is 0 Å². The minimum atomic E-state index is -0.906. The third-order valence-electron chi connectivity index (χ3n) is 6.36. The molecule has 1 saturated heterocycles. The summed E-state index contributed by atoms with van der Waals surface area (Å²) in [7, 11) is 5.44. The molecule has 1 unspecified atom stereocenters. The summed E-state index contributed by atoms with van der Waals surface area (Å²) in [5.74, 6) is -0.380. The first-order valence-corrected chi connectivity index (χ1v) is 12.9. The number of esters is 1. The molecule has 1 amide bonds. The second kappa shape index (κ2) is 9.70. The molecular formula is C26H35N3O5S. The molecule has 1 aromatic carbocycles. The maximum atomic E-state index is 12.6. The highest BCUT2D eigenvalue weighted by atomic mass is 32.1. The number of carbonyl (C=O) groups excluding carboxylic acids is 2. The minimum absolute atomic E-state index is 0.0938. The van der Waals surface area contributed by atoms with Crippen molar-refractivity contribution in [2.45, 2.75) is 57.5 Å². The van der Waals surface area contributed by atoms with Crippen LogP contribution in [-0.4, -0.2) is 63.0 Å². The van der Waals surface area contributed by atoms with Gasteiger partial charge in [0, 0.05) is 61.5 Å². The molecule has 190 valence electrons. The summed E-state index contributed by atoms with van der Waals surface area (Å²) in [5.41, 5.74) is 3.10. The Labute approximate surface area is 211 Å². The second-order valence-corrected chi connectivity index (χ2v) is 11.0. The number of piperidine rings is 1. The third kappa shape index (κ3) is 5.26. The number of benzene rings is 1. The van der Waals surface area contributed by atoms with E-state index in [4.69, 9.17) is 14.2 Å². The van der Waals surface area contributed by atoms with Gasteiger partial charge < -0.3 is 29.3 Å². The maximum absolute atomic E-state index is 12.6. The lowest BCUT2D eigenvalue weighted by atomic mass is 9.95. The Morgan fingerprint density at radius 3 is 2.51 bits per heavy atom. The molecule has 1 fully saturated rings. The van der Waals surface area contributed by atoms with Crippen LogP contribution in [0, 0.1) is 0 Å². The SMILES string of the molecule is COC(=O)c1cscc1C1(OC2CCN(C(=O)OC(C)(C)C)CC2)Cc2c(cccc2N(C)C)N1. The molecule has 0 radical (unpaired) electrons. The van der Waals surface area contributed by atoms with Gasteiger partial charge in [-0.1, -0.05) is 6.07 Å². The molecule has 2 aromatic rings. The highest BCUT2D eigenvalue weighted by Gasteiger charge is 2.46. The molecule has 1 atom stereocenters. The molecule has 3 heterocycles. The molecule has 9 heteroatoms. The molecule has 4 rings (SSSR count). The molecule has 2 aliphatic heterocycles. The lowest BCUT2D eigenvalue weighted by molar-refractivity contribution is -0.0974. The minimum Gasteiger partial charge on any atom is -0.465 e. The number of amides is 1. The monoisotopic (exact) mass is 501 g/mol. The van der Waals surface area contributed by atoms with Gasteiger partial charge in [0.15, 0.2) is 5.72 Å². The zero-order valence-electron chi connectivity index (χ0n) is 21.3. The predicted molar refractivity (Wildman–Crippen MR) is 137 cm³/mol. The lowest BCUT2D eigenvalue weighted by Gasteiger charge is -2.39. The van der Waals surface area contributed by atoms with Crippen LogP contribution in [0.2, 0.25) is 0 Å². The number of thiophene rings is 1. The van der Waals surface area contributed by atoms with Gasteiger partial charge in [0.2, 0.25) is 0 Å². The third-order valence-corrected chi connectivity index (χ3v) is 7.10. The van der Waals surface area contributed by atoms with Crippen molar-refractivity contribution in [3.63, 3.8) is 0 Å². The van der Waals surface area contributed by atoms with Crippen molar-refractivity contribution in [2.24, 2.45) is 0 Å². The smallest absolute Gasteiger partial charge is 0.410 e. The van der Waals surface area contributed by atoms with Crippen molar-refractivity contribution in [3.05, 3.63) is 45.6 Å². The van der Waals surface area contributed by atoms with Gasteiger partial charge in [0.25, 0.3) is 0 Å². The summed E-state index contributed by atoms with van der Waals surface area (Å²) in [6, 6.07) is 6.15. The highest BCUT2D eigenvalue weighted by molar-refractivity contribution is 7.08. The van der Waals surface area contributed by atoms with Gasteiger partial charge in [0.1, 0.15) is 5.60 Å². The second-order valence-electron chi connectivity index (χ2n) is 10.3. The zero-order chi connectivity index (χ0) is 25.4. The first-order valence-electron chi connectivity index (χ1n) is 11.9.